The largest absolute Gasteiger partial charge is 0.308 e. The van der Waals surface area contributed by atoms with E-state index in [1.165, 1.54) is 32.6 Å². The molecule has 1 aliphatic rings. The number of nitrogens with one attached hydrogen (secondary N) is 1. The van der Waals surface area contributed by atoms with Crippen LogP contribution in [0.1, 0.15) is 6.42 Å². The predicted molar refractivity (Wildman–Crippen MR) is 47.6 cm³/mol. The van der Waals surface area contributed by atoms with Crippen LogP contribution in [-0.4, -0.2) is 56.7 Å². The van der Waals surface area contributed by atoms with Crippen LogP contribution in [-0.2, 0) is 0 Å². The van der Waals surface area contributed by atoms with Gasteiger partial charge < -0.3 is 10.2 Å². The third-order valence-electron chi connectivity index (χ3n) is 2.03. The van der Waals surface area contributed by atoms with Crippen LogP contribution >= 0.6 is 0 Å². The summed E-state index contributed by atoms with van der Waals surface area (Å²) in [4.78, 5) is 4.69. The van der Waals surface area contributed by atoms with Crippen molar-refractivity contribution in [2.75, 3.05) is 46.9 Å². The Bertz CT molecular complexity index is 97.5. The lowest BCUT2D eigenvalue weighted by atomic mass is 10.3. The number of hydrogen-bond donors (Lipinski definition) is 1. The van der Waals surface area contributed by atoms with E-state index in [-0.39, 0.29) is 0 Å². The van der Waals surface area contributed by atoms with E-state index in [9.17, 15) is 0 Å². The first-order chi connectivity index (χ1) is 5.29. The molecule has 0 amide bonds. The van der Waals surface area contributed by atoms with Crippen molar-refractivity contribution in [2.24, 2.45) is 0 Å². The Kier molecular flexibility index (Phi) is 3.83. The normalized spacial score (nSPS) is 21.0. The molecule has 0 unspecified atom stereocenters. The molecule has 3 heteroatoms. The topological polar surface area (TPSA) is 18.5 Å². The molecule has 0 aliphatic carbocycles. The highest BCUT2D eigenvalue weighted by atomic mass is 15.3. The molecule has 1 N–H and O–H groups in total. The summed E-state index contributed by atoms with van der Waals surface area (Å²) >= 11 is 0. The molecule has 0 bridgehead atoms. The molecule has 0 radical (unpaired) electrons. The van der Waals surface area contributed by atoms with Crippen molar-refractivity contribution in [3.8, 4) is 0 Å². The van der Waals surface area contributed by atoms with Gasteiger partial charge in [-0.15, -0.1) is 0 Å². The van der Waals surface area contributed by atoms with Gasteiger partial charge in [-0.05, 0) is 27.1 Å². The van der Waals surface area contributed by atoms with Gasteiger partial charge in [-0.2, -0.15) is 0 Å². The van der Waals surface area contributed by atoms with Crippen molar-refractivity contribution in [1.82, 2.24) is 15.1 Å². The third kappa shape index (κ3) is 3.70. The van der Waals surface area contributed by atoms with Crippen LogP contribution in [0.2, 0.25) is 0 Å². The minimum Gasteiger partial charge on any atom is -0.308 e. The van der Waals surface area contributed by atoms with Gasteiger partial charge in [0.15, 0.2) is 0 Å². The molecule has 11 heavy (non-hydrogen) atoms. The fourth-order valence-electron chi connectivity index (χ4n) is 1.28. The van der Waals surface area contributed by atoms with Gasteiger partial charge in [0.2, 0.25) is 0 Å². The number of rotatable bonds is 3. The predicted octanol–water partition coefficient (Wildman–Crippen LogP) is -0.199. The quantitative estimate of drug-likeness (QED) is 0.612. The maximum atomic E-state index is 3.37. The smallest absolute Gasteiger partial charge is 0.0481 e. The van der Waals surface area contributed by atoms with Gasteiger partial charge in [0.05, 0.1) is 0 Å². The minimum absolute atomic E-state index is 1.08. The second-order valence-corrected chi connectivity index (χ2v) is 3.43. The molecule has 0 atom stereocenters. The van der Waals surface area contributed by atoms with E-state index in [4.69, 9.17) is 0 Å². The summed E-state index contributed by atoms with van der Waals surface area (Å²) in [6.07, 6.45) is 1.30. The molecular formula is C8H19N3. The molecule has 0 aromatic rings. The second-order valence-electron chi connectivity index (χ2n) is 3.43. The van der Waals surface area contributed by atoms with Crippen molar-refractivity contribution >= 4 is 0 Å². The average Bonchev–Trinajstić information content (AvgIpc) is 2.03. The molecule has 1 heterocycles. The van der Waals surface area contributed by atoms with Crippen molar-refractivity contribution in [1.29, 1.82) is 0 Å². The number of hydrogen-bond acceptors (Lipinski definition) is 3. The van der Waals surface area contributed by atoms with Crippen molar-refractivity contribution < 1.29 is 0 Å². The van der Waals surface area contributed by atoms with Crippen LogP contribution in [0.3, 0.4) is 0 Å². The van der Waals surface area contributed by atoms with Gasteiger partial charge in [-0.3, -0.25) is 4.90 Å². The van der Waals surface area contributed by atoms with Gasteiger partial charge in [0.1, 0.15) is 0 Å². The van der Waals surface area contributed by atoms with E-state index in [2.05, 4.69) is 29.2 Å². The summed E-state index contributed by atoms with van der Waals surface area (Å²) in [7, 11) is 4.24. The number of likely N-dealkylation sites (N-methyl/N-ethyl adjacent to an activating group) is 1. The van der Waals surface area contributed by atoms with Crippen molar-refractivity contribution in [3.63, 3.8) is 0 Å². The van der Waals surface area contributed by atoms with Crippen molar-refractivity contribution in [2.45, 2.75) is 6.42 Å². The second kappa shape index (κ2) is 4.70. The Labute approximate surface area is 69.4 Å². The number of nitrogens with zero attached hydrogens (tertiary/aromatic N) is 2. The lowest BCUT2D eigenvalue weighted by Gasteiger charge is -2.28. The highest BCUT2D eigenvalue weighted by Crippen LogP contribution is 1.94. The molecule has 66 valence electrons. The van der Waals surface area contributed by atoms with E-state index >= 15 is 0 Å². The van der Waals surface area contributed by atoms with Crippen LogP contribution < -0.4 is 5.32 Å². The first kappa shape index (κ1) is 8.97. The fraction of sp³-hybridized carbons (Fsp3) is 1.00. The monoisotopic (exact) mass is 157 g/mol. The Morgan fingerprint density at radius 3 is 2.82 bits per heavy atom. The maximum absolute atomic E-state index is 3.37. The van der Waals surface area contributed by atoms with E-state index in [1.807, 2.05) is 0 Å². The van der Waals surface area contributed by atoms with Crippen LogP contribution in [0.15, 0.2) is 0 Å². The molecule has 0 saturated carbocycles. The molecule has 1 aliphatic heterocycles. The highest BCUT2D eigenvalue weighted by Gasteiger charge is 2.08. The summed E-state index contributed by atoms with van der Waals surface area (Å²) < 4.78 is 0. The Morgan fingerprint density at radius 2 is 2.27 bits per heavy atom. The summed E-state index contributed by atoms with van der Waals surface area (Å²) in [5.74, 6) is 0. The summed E-state index contributed by atoms with van der Waals surface area (Å²) in [5.41, 5.74) is 0. The average molecular weight is 157 g/mol. The minimum atomic E-state index is 1.08. The first-order valence-electron chi connectivity index (χ1n) is 4.37. The Balaban J connectivity index is 2.05. The van der Waals surface area contributed by atoms with Crippen LogP contribution in [0.4, 0.5) is 0 Å². The fourth-order valence-corrected chi connectivity index (χ4v) is 1.28. The third-order valence-corrected chi connectivity index (χ3v) is 2.03. The first-order valence-corrected chi connectivity index (χ1v) is 4.37. The Morgan fingerprint density at radius 1 is 1.45 bits per heavy atom. The summed E-state index contributed by atoms with van der Waals surface area (Å²) in [5, 5.41) is 3.37. The highest BCUT2D eigenvalue weighted by molar-refractivity contribution is 4.64. The van der Waals surface area contributed by atoms with Gasteiger partial charge in [0.25, 0.3) is 0 Å². The van der Waals surface area contributed by atoms with Crippen LogP contribution in [0.5, 0.6) is 0 Å². The van der Waals surface area contributed by atoms with Gasteiger partial charge >= 0.3 is 0 Å². The zero-order chi connectivity index (χ0) is 8.10. The van der Waals surface area contributed by atoms with Crippen LogP contribution in [0.25, 0.3) is 0 Å². The van der Waals surface area contributed by atoms with E-state index in [1.54, 1.807) is 0 Å². The molecule has 1 saturated heterocycles. The van der Waals surface area contributed by atoms with Gasteiger partial charge in [-0.1, -0.05) is 0 Å². The van der Waals surface area contributed by atoms with Crippen molar-refractivity contribution in [3.05, 3.63) is 0 Å². The van der Waals surface area contributed by atoms with Crippen LogP contribution in [0, 0.1) is 0 Å². The van der Waals surface area contributed by atoms with Gasteiger partial charge in [-0.25, -0.2) is 0 Å². The zero-order valence-electron chi connectivity index (χ0n) is 7.64. The van der Waals surface area contributed by atoms with E-state index in [0.717, 1.165) is 6.67 Å². The lowest BCUT2D eigenvalue weighted by Crippen LogP contribution is -2.44. The molecule has 1 fully saturated rings. The standard InChI is InChI=1S/C8H19N3/c1-10(2)6-7-11-5-3-4-9-8-11/h9H,3-8H2,1-2H3. The SMILES string of the molecule is CN(C)CCN1CCCNC1. The lowest BCUT2D eigenvalue weighted by molar-refractivity contribution is 0.196. The summed E-state index contributed by atoms with van der Waals surface area (Å²) in [6.45, 7) is 5.90. The Hall–Kier alpha value is -0.120. The maximum Gasteiger partial charge on any atom is 0.0481 e. The molecule has 1 rings (SSSR count). The summed E-state index contributed by atoms with van der Waals surface area (Å²) in [6, 6.07) is 0. The van der Waals surface area contributed by atoms with E-state index in [0.29, 0.717) is 0 Å². The molecule has 0 aromatic heterocycles. The molecule has 0 aromatic carbocycles. The van der Waals surface area contributed by atoms with Gasteiger partial charge in [0, 0.05) is 26.3 Å². The molecule has 3 nitrogen and oxygen atoms in total. The van der Waals surface area contributed by atoms with E-state index < -0.39 is 0 Å². The zero-order valence-corrected chi connectivity index (χ0v) is 7.64. The molecular weight excluding hydrogens is 138 g/mol. The molecule has 0 spiro atoms.